The van der Waals surface area contributed by atoms with Gasteiger partial charge in [0.1, 0.15) is 0 Å². The average Bonchev–Trinajstić information content (AvgIpc) is 3.16. The quantitative estimate of drug-likeness (QED) is 0.680. The van der Waals surface area contributed by atoms with Crippen molar-refractivity contribution in [1.29, 1.82) is 0 Å². The molecule has 1 aromatic rings. The van der Waals surface area contributed by atoms with Crippen molar-refractivity contribution in [2.24, 2.45) is 11.7 Å². The first kappa shape index (κ1) is 17.5. The minimum atomic E-state index is -0.268. The van der Waals surface area contributed by atoms with Crippen molar-refractivity contribution in [1.82, 2.24) is 9.80 Å². The summed E-state index contributed by atoms with van der Waals surface area (Å²) in [6, 6.07) is 3.37. The number of hydrogen-bond donors (Lipinski definition) is 2. The molecule has 2 fully saturated rings. The van der Waals surface area contributed by atoms with Gasteiger partial charge < -0.3 is 24.9 Å². The topological polar surface area (TPSA) is 101 Å². The van der Waals surface area contributed by atoms with Crippen LogP contribution < -0.4 is 10.6 Å². The summed E-state index contributed by atoms with van der Waals surface area (Å²) in [5, 5.41) is 0. The van der Waals surface area contributed by atoms with Crippen LogP contribution in [0.2, 0.25) is 0 Å². The summed E-state index contributed by atoms with van der Waals surface area (Å²) in [7, 11) is 0. The second-order valence-electron chi connectivity index (χ2n) is 6.75. The molecule has 2 aliphatic heterocycles. The van der Waals surface area contributed by atoms with Gasteiger partial charge in [0.25, 0.3) is 11.8 Å². The summed E-state index contributed by atoms with van der Waals surface area (Å²) >= 11 is 0. The molecule has 3 N–H and O–H groups in total. The van der Waals surface area contributed by atoms with E-state index >= 15 is 0 Å². The number of nitrogens with one attached hydrogen (secondary N) is 1. The lowest BCUT2D eigenvalue weighted by Gasteiger charge is -2.34. The zero-order valence-corrected chi connectivity index (χ0v) is 14.3. The van der Waals surface area contributed by atoms with E-state index < -0.39 is 0 Å². The third-order valence-electron chi connectivity index (χ3n) is 5.14. The molecule has 3 heterocycles. The molecule has 0 unspecified atom stereocenters. The highest BCUT2D eigenvalue weighted by Crippen LogP contribution is 2.16. The number of rotatable bonds is 4. The molecule has 2 aliphatic rings. The van der Waals surface area contributed by atoms with Gasteiger partial charge in [0.15, 0.2) is 12.3 Å². The number of carbonyl (C=O) groups excluding carboxylic acids is 3. The molecule has 2 saturated heterocycles. The van der Waals surface area contributed by atoms with Crippen LogP contribution in [0.1, 0.15) is 23.4 Å². The molecule has 0 atom stereocenters. The van der Waals surface area contributed by atoms with Gasteiger partial charge in [-0.3, -0.25) is 14.4 Å². The first-order valence-electron chi connectivity index (χ1n) is 8.78. The summed E-state index contributed by atoms with van der Waals surface area (Å²) in [6.07, 6.45) is 2.80. The average molecular weight is 349 g/mol. The van der Waals surface area contributed by atoms with Crippen molar-refractivity contribution in [3.8, 4) is 0 Å². The Balaban J connectivity index is 1.42. The molecule has 1 aromatic heterocycles. The Morgan fingerprint density at radius 1 is 1.12 bits per heavy atom. The summed E-state index contributed by atoms with van der Waals surface area (Å²) in [5.41, 5.74) is 5.33. The van der Waals surface area contributed by atoms with Crippen molar-refractivity contribution in [3.63, 3.8) is 0 Å². The molecule has 0 saturated carbocycles. The molecule has 0 aliphatic carbocycles. The highest BCUT2D eigenvalue weighted by Gasteiger charge is 2.30. The van der Waals surface area contributed by atoms with Crippen LogP contribution in [0.3, 0.4) is 0 Å². The Morgan fingerprint density at radius 3 is 2.36 bits per heavy atom. The lowest BCUT2D eigenvalue weighted by molar-refractivity contribution is -0.896. The molecule has 0 spiro atoms. The van der Waals surface area contributed by atoms with E-state index in [1.54, 1.807) is 17.0 Å². The molecule has 8 heteroatoms. The number of amides is 3. The maximum atomic E-state index is 12.4. The minimum Gasteiger partial charge on any atom is -0.459 e. The van der Waals surface area contributed by atoms with Crippen LogP contribution in [-0.4, -0.2) is 73.3 Å². The zero-order valence-electron chi connectivity index (χ0n) is 14.3. The molecule has 3 rings (SSSR count). The van der Waals surface area contributed by atoms with Gasteiger partial charge in [-0.15, -0.1) is 0 Å². The van der Waals surface area contributed by atoms with Crippen LogP contribution >= 0.6 is 0 Å². The van der Waals surface area contributed by atoms with Gasteiger partial charge in [-0.1, -0.05) is 0 Å². The second-order valence-corrected chi connectivity index (χ2v) is 6.75. The summed E-state index contributed by atoms with van der Waals surface area (Å²) in [4.78, 5) is 40.6. The minimum absolute atomic E-state index is 0.0936. The van der Waals surface area contributed by atoms with E-state index in [0.29, 0.717) is 51.3 Å². The Hall–Kier alpha value is -2.35. The van der Waals surface area contributed by atoms with Gasteiger partial charge in [0, 0.05) is 19.0 Å². The molecule has 25 heavy (non-hydrogen) atoms. The third-order valence-corrected chi connectivity index (χ3v) is 5.14. The van der Waals surface area contributed by atoms with Crippen molar-refractivity contribution in [2.75, 3.05) is 45.8 Å². The lowest BCUT2D eigenvalue weighted by Crippen LogP contribution is -3.15. The van der Waals surface area contributed by atoms with Crippen molar-refractivity contribution in [3.05, 3.63) is 24.2 Å². The molecular formula is C17H25N4O4+. The second kappa shape index (κ2) is 7.69. The fourth-order valence-corrected chi connectivity index (χ4v) is 3.50. The molecule has 0 radical (unpaired) electrons. The number of quaternary nitrogens is 1. The van der Waals surface area contributed by atoms with Crippen molar-refractivity contribution < 1.29 is 23.7 Å². The predicted octanol–water partition coefficient (Wildman–Crippen LogP) is -1.66. The van der Waals surface area contributed by atoms with Crippen LogP contribution in [0.5, 0.6) is 0 Å². The van der Waals surface area contributed by atoms with Gasteiger partial charge >= 0.3 is 0 Å². The zero-order chi connectivity index (χ0) is 17.8. The SMILES string of the molecule is NC(=O)C1CCN(C(=O)C[NH+]2CCN(C(=O)c3ccco3)CC2)CC1. The smallest absolute Gasteiger partial charge is 0.289 e. The standard InChI is InChI=1S/C17H24N4O4/c18-16(23)13-3-5-20(6-4-13)15(22)12-19-7-9-21(10-8-19)17(24)14-2-1-11-25-14/h1-2,11,13H,3-10,12H2,(H2,18,23)/p+1. The fourth-order valence-electron chi connectivity index (χ4n) is 3.50. The largest absolute Gasteiger partial charge is 0.459 e. The number of hydrogen-bond acceptors (Lipinski definition) is 4. The van der Waals surface area contributed by atoms with Crippen LogP contribution in [0.15, 0.2) is 22.8 Å². The van der Waals surface area contributed by atoms with E-state index in [4.69, 9.17) is 10.2 Å². The Kier molecular flexibility index (Phi) is 5.37. The van der Waals surface area contributed by atoms with Gasteiger partial charge in [-0.2, -0.15) is 0 Å². The number of nitrogens with zero attached hydrogens (tertiary/aromatic N) is 2. The van der Waals surface area contributed by atoms with Gasteiger partial charge in [-0.05, 0) is 25.0 Å². The molecule has 136 valence electrons. The molecule has 0 aromatic carbocycles. The molecule has 0 bridgehead atoms. The highest BCUT2D eigenvalue weighted by molar-refractivity contribution is 5.91. The molecular weight excluding hydrogens is 324 g/mol. The maximum Gasteiger partial charge on any atom is 0.289 e. The van der Waals surface area contributed by atoms with Crippen LogP contribution in [0, 0.1) is 5.92 Å². The Labute approximate surface area is 146 Å². The monoisotopic (exact) mass is 349 g/mol. The number of nitrogens with two attached hydrogens (primary N) is 1. The van der Waals surface area contributed by atoms with Crippen LogP contribution in [-0.2, 0) is 9.59 Å². The predicted molar refractivity (Wildman–Crippen MR) is 88.7 cm³/mol. The number of carbonyl (C=O) groups is 3. The number of likely N-dealkylation sites (tertiary alicyclic amines) is 1. The summed E-state index contributed by atoms with van der Waals surface area (Å²) < 4.78 is 5.15. The number of furan rings is 1. The van der Waals surface area contributed by atoms with Gasteiger partial charge in [-0.25, -0.2) is 0 Å². The van der Waals surface area contributed by atoms with Crippen molar-refractivity contribution in [2.45, 2.75) is 12.8 Å². The summed E-state index contributed by atoms with van der Waals surface area (Å²) in [6.45, 7) is 4.36. The van der Waals surface area contributed by atoms with E-state index in [2.05, 4.69) is 0 Å². The maximum absolute atomic E-state index is 12.4. The first-order chi connectivity index (χ1) is 12.0. The number of primary amides is 1. The van der Waals surface area contributed by atoms with Gasteiger partial charge in [0.05, 0.1) is 32.4 Å². The Bertz CT molecular complexity index is 615. The Morgan fingerprint density at radius 2 is 1.80 bits per heavy atom. The molecule has 3 amide bonds. The number of piperidine rings is 1. The summed E-state index contributed by atoms with van der Waals surface area (Å²) in [5.74, 6) is 0.00658. The van der Waals surface area contributed by atoms with E-state index in [0.717, 1.165) is 13.1 Å². The van der Waals surface area contributed by atoms with Crippen LogP contribution in [0.25, 0.3) is 0 Å². The first-order valence-corrected chi connectivity index (χ1v) is 8.78. The molecule has 8 nitrogen and oxygen atoms in total. The van der Waals surface area contributed by atoms with E-state index in [9.17, 15) is 14.4 Å². The third kappa shape index (κ3) is 4.19. The van der Waals surface area contributed by atoms with Crippen molar-refractivity contribution >= 4 is 17.7 Å². The number of piperazine rings is 1. The van der Waals surface area contributed by atoms with E-state index in [1.807, 2.05) is 4.90 Å². The van der Waals surface area contributed by atoms with Crippen LogP contribution in [0.4, 0.5) is 0 Å². The van der Waals surface area contributed by atoms with E-state index in [-0.39, 0.29) is 23.6 Å². The fraction of sp³-hybridized carbons (Fsp3) is 0.588. The highest BCUT2D eigenvalue weighted by atomic mass is 16.3. The van der Waals surface area contributed by atoms with E-state index in [1.165, 1.54) is 11.2 Å². The van der Waals surface area contributed by atoms with Gasteiger partial charge in [0.2, 0.25) is 5.91 Å². The normalized spacial score (nSPS) is 19.8. The lowest BCUT2D eigenvalue weighted by atomic mass is 9.96.